The van der Waals surface area contributed by atoms with Gasteiger partial charge in [0, 0.05) is 15.8 Å². The third-order valence-corrected chi connectivity index (χ3v) is 3.29. The van der Waals surface area contributed by atoms with Crippen LogP contribution in [0.5, 0.6) is 5.75 Å². The van der Waals surface area contributed by atoms with E-state index in [0.717, 1.165) is 10.8 Å². The van der Waals surface area contributed by atoms with Crippen molar-refractivity contribution < 1.29 is 19.4 Å². The highest BCUT2D eigenvalue weighted by Gasteiger charge is 2.32. The molecule has 0 amide bonds. The van der Waals surface area contributed by atoms with Gasteiger partial charge in [0.25, 0.3) is 0 Å². The van der Waals surface area contributed by atoms with Crippen molar-refractivity contribution in [1.82, 2.24) is 0 Å². The fourth-order valence-corrected chi connectivity index (χ4v) is 2.09. The summed E-state index contributed by atoms with van der Waals surface area (Å²) >= 11 is 6.11. The second kappa shape index (κ2) is 5.69. The van der Waals surface area contributed by atoms with Gasteiger partial charge in [-0.05, 0) is 19.1 Å². The summed E-state index contributed by atoms with van der Waals surface area (Å²) in [4.78, 5) is 11.4. The number of aliphatic hydroxyl groups is 1. The summed E-state index contributed by atoms with van der Waals surface area (Å²) in [6, 6.07) is 10.9. The Bertz CT molecular complexity index is 637. The molecule has 4 nitrogen and oxygen atoms in total. The summed E-state index contributed by atoms with van der Waals surface area (Å²) < 4.78 is 10.1. The summed E-state index contributed by atoms with van der Waals surface area (Å²) in [6.07, 6.45) is 0. The molecule has 1 unspecified atom stereocenters. The quantitative estimate of drug-likeness (QED) is 0.881. The molecule has 0 aliphatic heterocycles. The van der Waals surface area contributed by atoms with Gasteiger partial charge in [-0.15, -0.1) is 0 Å². The summed E-state index contributed by atoms with van der Waals surface area (Å²) in [7, 11) is 1.22. The first-order valence-corrected chi connectivity index (χ1v) is 6.44. The molecule has 0 radical (unpaired) electrons. The first kappa shape index (κ1) is 14.6. The highest BCUT2D eigenvalue weighted by molar-refractivity contribution is 6.35. The minimum absolute atomic E-state index is 0.203. The first-order valence-electron chi connectivity index (χ1n) is 6.06. The van der Waals surface area contributed by atoms with E-state index in [1.807, 2.05) is 24.3 Å². The van der Waals surface area contributed by atoms with E-state index in [2.05, 4.69) is 4.74 Å². The molecule has 0 heterocycles. The largest absolute Gasteiger partial charge is 0.489 e. The van der Waals surface area contributed by atoms with Crippen LogP contribution < -0.4 is 4.74 Å². The standard InChI is InChI=1S/C15H15ClO4/c1-15(18,14(17)19-2)9-20-13-8-7-12(16)10-5-3-4-6-11(10)13/h3-8,18H,9H2,1-2H3. The number of carbonyl (C=O) groups excluding carboxylic acids is 1. The molecule has 0 fully saturated rings. The third kappa shape index (κ3) is 2.86. The highest BCUT2D eigenvalue weighted by atomic mass is 35.5. The molecular formula is C15H15ClO4. The molecule has 0 spiro atoms. The number of esters is 1. The maximum atomic E-state index is 11.4. The van der Waals surface area contributed by atoms with Gasteiger partial charge in [0.1, 0.15) is 12.4 Å². The number of methoxy groups -OCH3 is 1. The maximum Gasteiger partial charge on any atom is 0.341 e. The zero-order valence-corrected chi connectivity index (χ0v) is 12.0. The van der Waals surface area contributed by atoms with Crippen LogP contribution in [0.3, 0.4) is 0 Å². The molecular weight excluding hydrogens is 280 g/mol. The molecule has 20 heavy (non-hydrogen) atoms. The molecule has 0 saturated heterocycles. The Kier molecular flexibility index (Phi) is 4.16. The van der Waals surface area contributed by atoms with Crippen molar-refractivity contribution in [2.45, 2.75) is 12.5 Å². The summed E-state index contributed by atoms with van der Waals surface area (Å²) in [5, 5.41) is 12.2. The average molecular weight is 295 g/mol. The van der Waals surface area contributed by atoms with Crippen LogP contribution in [0.2, 0.25) is 5.02 Å². The van der Waals surface area contributed by atoms with Crippen molar-refractivity contribution in [3.63, 3.8) is 0 Å². The number of fused-ring (bicyclic) bond motifs is 1. The number of benzene rings is 2. The van der Waals surface area contributed by atoms with E-state index in [1.54, 1.807) is 12.1 Å². The van der Waals surface area contributed by atoms with E-state index in [-0.39, 0.29) is 6.61 Å². The molecule has 0 aliphatic carbocycles. The average Bonchev–Trinajstić information content (AvgIpc) is 2.46. The lowest BCUT2D eigenvalue weighted by Crippen LogP contribution is -2.42. The molecule has 106 valence electrons. The van der Waals surface area contributed by atoms with Crippen LogP contribution in [-0.4, -0.2) is 30.4 Å². The minimum Gasteiger partial charge on any atom is -0.489 e. The van der Waals surface area contributed by atoms with Gasteiger partial charge in [0.2, 0.25) is 0 Å². The topological polar surface area (TPSA) is 55.8 Å². The fraction of sp³-hybridized carbons (Fsp3) is 0.267. The number of carbonyl (C=O) groups is 1. The van der Waals surface area contributed by atoms with Crippen LogP contribution >= 0.6 is 11.6 Å². The lowest BCUT2D eigenvalue weighted by Gasteiger charge is -2.21. The van der Waals surface area contributed by atoms with Crippen LogP contribution in [0.25, 0.3) is 10.8 Å². The predicted molar refractivity (Wildman–Crippen MR) is 77.1 cm³/mol. The lowest BCUT2D eigenvalue weighted by molar-refractivity contribution is -0.163. The summed E-state index contributed by atoms with van der Waals surface area (Å²) in [5.41, 5.74) is -1.70. The molecule has 0 aromatic heterocycles. The zero-order chi connectivity index (χ0) is 14.8. The van der Waals surface area contributed by atoms with Crippen molar-refractivity contribution in [1.29, 1.82) is 0 Å². The first-order chi connectivity index (χ1) is 9.45. The second-order valence-electron chi connectivity index (χ2n) is 4.65. The predicted octanol–water partition coefficient (Wildman–Crippen LogP) is 2.80. The van der Waals surface area contributed by atoms with E-state index in [1.165, 1.54) is 14.0 Å². The van der Waals surface area contributed by atoms with Crippen molar-refractivity contribution in [3.8, 4) is 5.75 Å². The van der Waals surface area contributed by atoms with Crippen LogP contribution in [-0.2, 0) is 9.53 Å². The van der Waals surface area contributed by atoms with Crippen LogP contribution in [0, 0.1) is 0 Å². The lowest BCUT2D eigenvalue weighted by atomic mass is 10.1. The molecule has 2 rings (SSSR count). The van der Waals surface area contributed by atoms with E-state index in [4.69, 9.17) is 16.3 Å². The second-order valence-corrected chi connectivity index (χ2v) is 5.05. The van der Waals surface area contributed by atoms with Gasteiger partial charge in [-0.2, -0.15) is 0 Å². The molecule has 0 aliphatic rings. The van der Waals surface area contributed by atoms with Crippen molar-refractivity contribution in [2.24, 2.45) is 0 Å². The van der Waals surface area contributed by atoms with E-state index in [9.17, 15) is 9.90 Å². The number of hydrogen-bond acceptors (Lipinski definition) is 4. The molecule has 0 saturated carbocycles. The molecule has 2 aromatic rings. The minimum atomic E-state index is -1.70. The highest BCUT2D eigenvalue weighted by Crippen LogP contribution is 2.31. The number of halogens is 1. The van der Waals surface area contributed by atoms with E-state index < -0.39 is 11.6 Å². The summed E-state index contributed by atoms with van der Waals surface area (Å²) in [6.45, 7) is 1.14. The van der Waals surface area contributed by atoms with Crippen LogP contribution in [0.4, 0.5) is 0 Å². The molecule has 5 heteroatoms. The van der Waals surface area contributed by atoms with Crippen LogP contribution in [0.15, 0.2) is 36.4 Å². The monoisotopic (exact) mass is 294 g/mol. The number of ether oxygens (including phenoxy) is 2. The van der Waals surface area contributed by atoms with E-state index >= 15 is 0 Å². The van der Waals surface area contributed by atoms with Gasteiger partial charge in [-0.1, -0.05) is 35.9 Å². The Morgan fingerprint density at radius 3 is 2.55 bits per heavy atom. The third-order valence-electron chi connectivity index (χ3n) is 2.96. The van der Waals surface area contributed by atoms with E-state index in [0.29, 0.717) is 10.8 Å². The molecule has 1 N–H and O–H groups in total. The van der Waals surface area contributed by atoms with Crippen molar-refractivity contribution >= 4 is 28.3 Å². The Labute approximate surface area is 121 Å². The Morgan fingerprint density at radius 1 is 1.25 bits per heavy atom. The maximum absolute atomic E-state index is 11.4. The van der Waals surface area contributed by atoms with Gasteiger partial charge >= 0.3 is 5.97 Å². The molecule has 2 aromatic carbocycles. The number of rotatable bonds is 4. The van der Waals surface area contributed by atoms with Gasteiger partial charge < -0.3 is 14.6 Å². The Morgan fingerprint density at radius 2 is 1.90 bits per heavy atom. The summed E-state index contributed by atoms with van der Waals surface area (Å²) in [5.74, 6) is -0.190. The van der Waals surface area contributed by atoms with Crippen molar-refractivity contribution in [3.05, 3.63) is 41.4 Å². The van der Waals surface area contributed by atoms with Gasteiger partial charge in [0.05, 0.1) is 7.11 Å². The molecule has 0 bridgehead atoms. The van der Waals surface area contributed by atoms with Gasteiger partial charge in [-0.25, -0.2) is 4.79 Å². The number of hydrogen-bond donors (Lipinski definition) is 1. The zero-order valence-electron chi connectivity index (χ0n) is 11.2. The van der Waals surface area contributed by atoms with Crippen molar-refractivity contribution in [2.75, 3.05) is 13.7 Å². The Hall–Kier alpha value is -1.78. The fourth-order valence-electron chi connectivity index (χ4n) is 1.86. The smallest absolute Gasteiger partial charge is 0.341 e. The van der Waals surface area contributed by atoms with Gasteiger partial charge in [0.15, 0.2) is 5.60 Å². The molecule has 1 atom stereocenters. The SMILES string of the molecule is COC(=O)C(C)(O)COc1ccc(Cl)c2ccccc12. The van der Waals surface area contributed by atoms with Gasteiger partial charge in [-0.3, -0.25) is 0 Å². The normalized spacial score (nSPS) is 13.8. The van der Waals surface area contributed by atoms with Crippen LogP contribution in [0.1, 0.15) is 6.92 Å². The Balaban J connectivity index is 2.27.